The molecule has 1 unspecified atom stereocenters. The van der Waals surface area contributed by atoms with Gasteiger partial charge >= 0.3 is 5.97 Å². The number of rotatable bonds is 15. The van der Waals surface area contributed by atoms with Crippen LogP contribution >= 0.6 is 11.8 Å². The summed E-state index contributed by atoms with van der Waals surface area (Å²) in [5.74, 6) is -0.229. The molecule has 218 valence electrons. The van der Waals surface area contributed by atoms with Crippen molar-refractivity contribution in [1.82, 2.24) is 20.9 Å². The van der Waals surface area contributed by atoms with E-state index in [0.717, 1.165) is 22.8 Å². The molecule has 4 atom stereocenters. The highest BCUT2D eigenvalue weighted by Crippen LogP contribution is 2.21. The van der Waals surface area contributed by atoms with Gasteiger partial charge in [0.1, 0.15) is 12.1 Å². The Labute approximate surface area is 241 Å². The molecule has 1 aliphatic heterocycles. The normalized spacial score (nSPS) is 17.2. The van der Waals surface area contributed by atoms with Crippen molar-refractivity contribution in [3.63, 3.8) is 0 Å². The maximum atomic E-state index is 13.3. The summed E-state index contributed by atoms with van der Waals surface area (Å²) in [6.07, 6.45) is 4.07. The third-order valence-electron chi connectivity index (χ3n) is 7.50. The fraction of sp³-hybridized carbons (Fsp3) is 0.533. The molecular weight excluding hydrogens is 528 g/mol. The summed E-state index contributed by atoms with van der Waals surface area (Å²) in [5, 5.41) is 11.0. The largest absolute Gasteiger partial charge is 0.467 e. The first-order valence-corrected chi connectivity index (χ1v) is 15.3. The van der Waals surface area contributed by atoms with Crippen LogP contribution in [0.5, 0.6) is 0 Å². The van der Waals surface area contributed by atoms with E-state index >= 15 is 0 Å². The minimum Gasteiger partial charge on any atom is -0.467 e. The molecule has 3 amide bonds. The van der Waals surface area contributed by atoms with Crippen LogP contribution in [0.15, 0.2) is 42.5 Å². The summed E-state index contributed by atoms with van der Waals surface area (Å²) in [6.45, 7) is 5.08. The van der Waals surface area contributed by atoms with Gasteiger partial charge in [0.2, 0.25) is 17.7 Å². The monoisotopic (exact) mass is 570 g/mol. The van der Waals surface area contributed by atoms with Gasteiger partial charge in [-0.05, 0) is 47.1 Å². The van der Waals surface area contributed by atoms with E-state index in [2.05, 4.69) is 48.0 Å². The first-order chi connectivity index (χ1) is 19.2. The second-order valence-corrected chi connectivity index (χ2v) is 11.4. The van der Waals surface area contributed by atoms with Crippen molar-refractivity contribution in [2.24, 2.45) is 5.92 Å². The van der Waals surface area contributed by atoms with E-state index < -0.39 is 18.1 Å². The molecule has 1 heterocycles. The summed E-state index contributed by atoms with van der Waals surface area (Å²) < 4.78 is 4.92. The SMILES string of the molecule is CCC(C)[C@@H](CN(CC(=O)N[C@@H](CCSC)C(=O)OC)Cc1cccc2ccccc12)NC(=O)[C@@H]1CCC(=O)N1. The lowest BCUT2D eigenvalue weighted by Gasteiger charge is -2.32. The molecule has 0 bridgehead atoms. The molecule has 0 aliphatic carbocycles. The Balaban J connectivity index is 1.83. The van der Waals surface area contributed by atoms with Crippen LogP contribution < -0.4 is 16.0 Å². The van der Waals surface area contributed by atoms with Crippen LogP contribution in [0.3, 0.4) is 0 Å². The lowest BCUT2D eigenvalue weighted by atomic mass is 9.97. The predicted molar refractivity (Wildman–Crippen MR) is 159 cm³/mol. The van der Waals surface area contributed by atoms with Crippen molar-refractivity contribution < 1.29 is 23.9 Å². The molecule has 1 fully saturated rings. The smallest absolute Gasteiger partial charge is 0.328 e. The van der Waals surface area contributed by atoms with Gasteiger partial charge in [0.05, 0.1) is 13.7 Å². The van der Waals surface area contributed by atoms with Crippen molar-refractivity contribution in [1.29, 1.82) is 0 Å². The number of methoxy groups -OCH3 is 1. The van der Waals surface area contributed by atoms with E-state index in [9.17, 15) is 19.2 Å². The van der Waals surface area contributed by atoms with Gasteiger partial charge in [0, 0.05) is 25.6 Å². The van der Waals surface area contributed by atoms with Crippen molar-refractivity contribution in [3.8, 4) is 0 Å². The van der Waals surface area contributed by atoms with Crippen molar-refractivity contribution >= 4 is 46.2 Å². The van der Waals surface area contributed by atoms with Crippen LogP contribution in [-0.2, 0) is 30.5 Å². The average molecular weight is 571 g/mol. The molecule has 1 saturated heterocycles. The third kappa shape index (κ3) is 8.96. The van der Waals surface area contributed by atoms with Gasteiger partial charge in [-0.2, -0.15) is 11.8 Å². The first-order valence-electron chi connectivity index (χ1n) is 13.9. The summed E-state index contributed by atoms with van der Waals surface area (Å²) in [6, 6.07) is 12.7. The van der Waals surface area contributed by atoms with Crippen LogP contribution in [0.25, 0.3) is 10.8 Å². The quantitative estimate of drug-likeness (QED) is 0.282. The molecular formula is C30H42N4O5S. The highest BCUT2D eigenvalue weighted by Gasteiger charge is 2.31. The number of hydrogen-bond acceptors (Lipinski definition) is 7. The van der Waals surface area contributed by atoms with Gasteiger partial charge in [0.15, 0.2) is 0 Å². The highest BCUT2D eigenvalue weighted by molar-refractivity contribution is 7.98. The Bertz CT molecular complexity index is 1170. The van der Waals surface area contributed by atoms with E-state index in [4.69, 9.17) is 4.74 Å². The molecule has 10 heteroatoms. The number of carbonyl (C=O) groups is 4. The van der Waals surface area contributed by atoms with Crippen molar-refractivity contribution in [3.05, 3.63) is 48.0 Å². The second kappa shape index (κ2) is 15.6. The number of amides is 3. The Hall–Kier alpha value is -3.11. The highest BCUT2D eigenvalue weighted by atomic mass is 32.2. The molecule has 0 spiro atoms. The minimum absolute atomic E-state index is 0.0406. The number of esters is 1. The molecule has 9 nitrogen and oxygen atoms in total. The first kappa shape index (κ1) is 31.4. The molecule has 3 rings (SSSR count). The zero-order valence-electron chi connectivity index (χ0n) is 23.9. The van der Waals surface area contributed by atoms with Gasteiger partial charge in [-0.1, -0.05) is 62.7 Å². The predicted octanol–water partition coefficient (Wildman–Crippen LogP) is 2.86. The molecule has 2 aromatic carbocycles. The van der Waals surface area contributed by atoms with E-state index in [1.54, 1.807) is 11.8 Å². The zero-order valence-corrected chi connectivity index (χ0v) is 24.7. The molecule has 0 aromatic heterocycles. The lowest BCUT2D eigenvalue weighted by molar-refractivity contribution is -0.145. The summed E-state index contributed by atoms with van der Waals surface area (Å²) in [4.78, 5) is 52.3. The number of nitrogens with one attached hydrogen (secondary N) is 3. The molecule has 40 heavy (non-hydrogen) atoms. The van der Waals surface area contributed by atoms with Crippen LogP contribution in [0.4, 0.5) is 0 Å². The number of thioether (sulfide) groups is 1. The lowest BCUT2D eigenvalue weighted by Crippen LogP contribution is -2.53. The van der Waals surface area contributed by atoms with Crippen LogP contribution in [0, 0.1) is 5.92 Å². The van der Waals surface area contributed by atoms with Crippen LogP contribution in [0.2, 0.25) is 0 Å². The van der Waals surface area contributed by atoms with E-state index in [0.29, 0.717) is 38.1 Å². The van der Waals surface area contributed by atoms with Crippen molar-refractivity contribution in [2.75, 3.05) is 32.2 Å². The number of ether oxygens (including phenoxy) is 1. The van der Waals surface area contributed by atoms with Gasteiger partial charge < -0.3 is 20.7 Å². The third-order valence-corrected chi connectivity index (χ3v) is 8.14. The zero-order chi connectivity index (χ0) is 29.1. The van der Waals surface area contributed by atoms with Gasteiger partial charge in [-0.25, -0.2) is 4.79 Å². The summed E-state index contributed by atoms with van der Waals surface area (Å²) in [5.41, 5.74) is 1.06. The summed E-state index contributed by atoms with van der Waals surface area (Å²) >= 11 is 1.60. The number of hydrogen-bond donors (Lipinski definition) is 3. The van der Waals surface area contributed by atoms with Gasteiger partial charge in [-0.15, -0.1) is 0 Å². The molecule has 1 aliphatic rings. The Morgan fingerprint density at radius 2 is 1.90 bits per heavy atom. The van der Waals surface area contributed by atoms with Crippen LogP contribution in [-0.4, -0.2) is 78.9 Å². The second-order valence-electron chi connectivity index (χ2n) is 10.4. The van der Waals surface area contributed by atoms with Gasteiger partial charge in [0.25, 0.3) is 0 Å². The Morgan fingerprint density at radius 1 is 1.15 bits per heavy atom. The Kier molecular flexibility index (Phi) is 12.3. The number of fused-ring (bicyclic) bond motifs is 1. The molecule has 0 radical (unpaired) electrons. The fourth-order valence-electron chi connectivity index (χ4n) is 4.95. The van der Waals surface area contributed by atoms with Gasteiger partial charge in [-0.3, -0.25) is 19.3 Å². The number of carbonyl (C=O) groups excluding carboxylic acids is 4. The van der Waals surface area contributed by atoms with E-state index in [-0.39, 0.29) is 36.2 Å². The summed E-state index contributed by atoms with van der Waals surface area (Å²) in [7, 11) is 1.32. The molecule has 3 N–H and O–H groups in total. The molecule has 2 aromatic rings. The fourth-order valence-corrected chi connectivity index (χ4v) is 5.42. The minimum atomic E-state index is -0.722. The number of benzene rings is 2. The van der Waals surface area contributed by atoms with E-state index in [1.807, 2.05) is 35.4 Å². The molecule has 0 saturated carbocycles. The maximum absolute atomic E-state index is 13.3. The van der Waals surface area contributed by atoms with E-state index in [1.165, 1.54) is 7.11 Å². The standard InChI is InChI=1S/C30H42N4O5S/c1-5-20(2)26(33-29(37)24-13-14-27(35)31-24)18-34(17-22-11-8-10-21-9-6-7-12-23(21)22)19-28(36)32-25(15-16-40-4)30(38)39-3/h6-12,20,24-26H,5,13-19H2,1-4H3,(H,31,35)(H,32,36)(H,33,37)/t20?,24-,25-,26+/m0/s1. The topological polar surface area (TPSA) is 117 Å². The van der Waals surface area contributed by atoms with Crippen LogP contribution in [0.1, 0.15) is 45.1 Å². The van der Waals surface area contributed by atoms with Crippen molar-refractivity contribution in [2.45, 2.75) is 64.2 Å². The number of nitrogens with zero attached hydrogens (tertiary/aromatic N) is 1. The average Bonchev–Trinajstić information content (AvgIpc) is 3.40. The Morgan fingerprint density at radius 3 is 2.58 bits per heavy atom. The maximum Gasteiger partial charge on any atom is 0.328 e.